The molecule has 0 amide bonds. The molecule has 2 heterocycles. The van der Waals surface area contributed by atoms with Crippen molar-refractivity contribution in [2.45, 2.75) is 76.5 Å². The smallest absolute Gasteiger partial charge is 0.351 e. The second kappa shape index (κ2) is 14.0. The molecular weight excluding hydrogens is 598 g/mol. The zero-order valence-corrected chi connectivity index (χ0v) is 26.3. The van der Waals surface area contributed by atoms with E-state index in [0.29, 0.717) is 12.4 Å². The second-order valence-corrected chi connectivity index (χ2v) is 15.8. The summed E-state index contributed by atoms with van der Waals surface area (Å²) >= 11 is 19.7. The van der Waals surface area contributed by atoms with Gasteiger partial charge in [-0.2, -0.15) is 4.98 Å². The fourth-order valence-electron chi connectivity index (χ4n) is 3.15. The molecule has 5 atom stereocenters. The van der Waals surface area contributed by atoms with E-state index >= 15 is 0 Å². The van der Waals surface area contributed by atoms with Crippen LogP contribution in [0.1, 0.15) is 47.8 Å². The van der Waals surface area contributed by atoms with E-state index < -0.39 is 40.5 Å². The molecule has 2 rings (SSSR count). The monoisotopic (exact) mass is 634 g/mol. The molecule has 0 bridgehead atoms. The molecule has 218 valence electrons. The van der Waals surface area contributed by atoms with Crippen molar-refractivity contribution >= 4 is 64.3 Å². The Morgan fingerprint density at radius 3 is 2.63 bits per heavy atom. The maximum Gasteiger partial charge on any atom is 0.351 e. The molecule has 0 aliphatic carbocycles. The Morgan fingerprint density at radius 1 is 1.39 bits per heavy atom. The number of aliphatic hydroxyl groups excluding tert-OH is 1. The van der Waals surface area contributed by atoms with E-state index in [4.69, 9.17) is 59.3 Å². The normalized spacial score (nSPS) is 23.9. The number of nitrogen functional groups attached to an aromatic ring is 1. The van der Waals surface area contributed by atoms with Crippen molar-refractivity contribution in [3.63, 3.8) is 0 Å². The van der Waals surface area contributed by atoms with Crippen molar-refractivity contribution in [1.82, 2.24) is 14.6 Å². The molecule has 0 radical (unpaired) electrons. The van der Waals surface area contributed by atoms with Crippen LogP contribution in [0.15, 0.2) is 17.1 Å². The highest BCUT2D eigenvalue weighted by atomic mass is 35.5. The van der Waals surface area contributed by atoms with Gasteiger partial charge in [0, 0.05) is 23.4 Å². The summed E-state index contributed by atoms with van der Waals surface area (Å²) in [6.45, 7) is 8.33. The minimum Gasteiger partial charge on any atom is -0.387 e. The van der Waals surface area contributed by atoms with Crippen molar-refractivity contribution in [2.75, 3.05) is 31.3 Å². The Morgan fingerprint density at radius 2 is 2.05 bits per heavy atom. The van der Waals surface area contributed by atoms with Crippen LogP contribution in [0.3, 0.4) is 0 Å². The van der Waals surface area contributed by atoms with Crippen LogP contribution >= 0.6 is 41.6 Å². The lowest BCUT2D eigenvalue weighted by atomic mass is 10.00. The first-order chi connectivity index (χ1) is 17.5. The number of thioether (sulfide) groups is 1. The van der Waals surface area contributed by atoms with Gasteiger partial charge in [-0.25, -0.2) is 9.88 Å². The molecule has 1 fully saturated rings. The lowest BCUT2D eigenvalue weighted by Gasteiger charge is -2.28. The van der Waals surface area contributed by atoms with Gasteiger partial charge in [-0.05, 0) is 38.6 Å². The Kier molecular flexibility index (Phi) is 12.5. The summed E-state index contributed by atoms with van der Waals surface area (Å²) in [6.07, 6.45) is -2.41. The molecule has 4 N–H and O–H groups in total. The van der Waals surface area contributed by atoms with Gasteiger partial charge in [0.2, 0.25) is 0 Å². The van der Waals surface area contributed by atoms with Gasteiger partial charge < -0.3 is 29.4 Å². The summed E-state index contributed by atoms with van der Waals surface area (Å²) in [6, 6.07) is 1.15. The van der Waals surface area contributed by atoms with Crippen molar-refractivity contribution < 1.29 is 28.4 Å². The molecule has 38 heavy (non-hydrogen) atoms. The fourth-order valence-corrected chi connectivity index (χ4v) is 7.11. The van der Waals surface area contributed by atoms with Gasteiger partial charge in [0.25, 0.3) is 6.64 Å². The summed E-state index contributed by atoms with van der Waals surface area (Å²) in [5.41, 5.74) is 4.33. The number of rotatable bonds is 13. The van der Waals surface area contributed by atoms with Crippen LogP contribution in [0.25, 0.3) is 0 Å². The molecule has 1 saturated heterocycles. The van der Waals surface area contributed by atoms with Gasteiger partial charge in [0.05, 0.1) is 25.9 Å². The maximum atomic E-state index is 12.3. The maximum absolute atomic E-state index is 12.3. The lowest BCUT2D eigenvalue weighted by Crippen LogP contribution is -2.40. The predicted octanol–water partition coefficient (Wildman–Crippen LogP) is 3.22. The van der Waals surface area contributed by atoms with Crippen LogP contribution in [-0.2, 0) is 35.1 Å². The highest BCUT2D eigenvalue weighted by Gasteiger charge is 2.56. The van der Waals surface area contributed by atoms with Gasteiger partial charge in [-0.15, -0.1) is 0 Å². The number of halogens is 2. The van der Waals surface area contributed by atoms with Gasteiger partial charge in [0.1, 0.15) is 18.0 Å². The van der Waals surface area contributed by atoms with Crippen LogP contribution in [0, 0.1) is 5.41 Å². The number of ether oxygens (including phenoxy) is 2. The Hall–Kier alpha value is -0.310. The molecule has 0 saturated carbocycles. The lowest BCUT2D eigenvalue weighted by molar-refractivity contribution is -0.117. The largest absolute Gasteiger partial charge is 0.387 e. The SMILES string of the molecule is CC(C)OC[C@@H](C)N[P@@](=S)(OCCSC(=O)C(C)(C)C)OC[C@H]1O[C@@H](n2ccc(N)nc2=O)C(Cl)(Cl)[C@@H]1O. The van der Waals surface area contributed by atoms with Crippen molar-refractivity contribution in [1.29, 1.82) is 0 Å². The van der Waals surface area contributed by atoms with E-state index in [9.17, 15) is 14.7 Å². The zero-order valence-electron chi connectivity index (χ0n) is 22.3. The van der Waals surface area contributed by atoms with E-state index in [1.807, 2.05) is 41.5 Å². The topological polar surface area (TPSA) is 147 Å². The summed E-state index contributed by atoms with van der Waals surface area (Å²) in [5, 5.41) is 14.0. The van der Waals surface area contributed by atoms with Gasteiger partial charge >= 0.3 is 5.69 Å². The number of alkyl halides is 2. The Bertz CT molecular complexity index is 1060. The van der Waals surface area contributed by atoms with Crippen LogP contribution < -0.4 is 16.5 Å². The number of carbonyl (C=O) groups excluding carboxylic acids is 1. The summed E-state index contributed by atoms with van der Waals surface area (Å²) in [4.78, 5) is 28.2. The molecule has 1 aromatic heterocycles. The summed E-state index contributed by atoms with van der Waals surface area (Å²) in [7, 11) is 0. The van der Waals surface area contributed by atoms with Crippen LogP contribution in [0.2, 0.25) is 0 Å². The van der Waals surface area contributed by atoms with E-state index in [-0.39, 0.29) is 36.3 Å². The number of nitrogens with two attached hydrogens (primary N) is 1. The van der Waals surface area contributed by atoms with Gasteiger partial charge in [0.15, 0.2) is 15.7 Å². The first kappa shape index (κ1) is 33.9. The molecule has 0 spiro atoms. The van der Waals surface area contributed by atoms with Crippen molar-refractivity contribution in [3.05, 3.63) is 22.7 Å². The molecule has 1 aliphatic rings. The first-order valence-corrected chi connectivity index (χ1v) is 16.4. The van der Waals surface area contributed by atoms with Gasteiger partial charge in [-0.1, -0.05) is 55.7 Å². The quantitative estimate of drug-likeness (QED) is 0.166. The summed E-state index contributed by atoms with van der Waals surface area (Å²) < 4.78 is 22.5. The highest BCUT2D eigenvalue weighted by molar-refractivity contribution is 8.13. The van der Waals surface area contributed by atoms with Crippen LogP contribution in [0.5, 0.6) is 0 Å². The molecular formula is C22H37Cl2N4O7PS2. The van der Waals surface area contributed by atoms with E-state index in [1.54, 1.807) is 0 Å². The minimum atomic E-state index is -3.16. The third kappa shape index (κ3) is 9.66. The molecule has 0 aromatic carbocycles. The average molecular weight is 636 g/mol. The molecule has 16 heteroatoms. The zero-order chi connectivity index (χ0) is 28.9. The number of nitrogens with zero attached hydrogens (tertiary/aromatic N) is 2. The predicted molar refractivity (Wildman–Crippen MR) is 154 cm³/mol. The third-order valence-electron chi connectivity index (χ3n) is 5.14. The Labute approximate surface area is 242 Å². The molecule has 0 unspecified atom stereocenters. The number of hydrogen-bond acceptors (Lipinski definition) is 11. The van der Waals surface area contributed by atoms with Crippen LogP contribution in [-0.4, -0.2) is 74.0 Å². The number of carbonyl (C=O) groups is 1. The van der Waals surface area contributed by atoms with Gasteiger partial charge in [-0.3, -0.25) is 9.36 Å². The fraction of sp³-hybridized carbons (Fsp3) is 0.773. The van der Waals surface area contributed by atoms with E-state index in [1.165, 1.54) is 12.3 Å². The number of aliphatic hydroxyl groups is 1. The van der Waals surface area contributed by atoms with Crippen LogP contribution in [0.4, 0.5) is 5.82 Å². The number of nitrogens with one attached hydrogen (secondary N) is 1. The molecule has 1 aromatic rings. The molecule has 1 aliphatic heterocycles. The van der Waals surface area contributed by atoms with Crippen molar-refractivity contribution in [2.24, 2.45) is 5.41 Å². The average Bonchev–Trinajstić information content (AvgIpc) is 3.02. The third-order valence-corrected chi connectivity index (χ3v) is 9.92. The Balaban J connectivity index is 2.11. The number of aromatic nitrogens is 2. The number of hydrogen-bond donors (Lipinski definition) is 3. The minimum absolute atomic E-state index is 0.0151. The summed E-state index contributed by atoms with van der Waals surface area (Å²) in [5.74, 6) is 0.391. The highest BCUT2D eigenvalue weighted by Crippen LogP contribution is 2.49. The molecule has 11 nitrogen and oxygen atoms in total. The van der Waals surface area contributed by atoms with E-state index in [2.05, 4.69) is 10.1 Å². The van der Waals surface area contributed by atoms with E-state index in [0.717, 1.165) is 16.3 Å². The number of anilines is 1. The van der Waals surface area contributed by atoms with Crippen molar-refractivity contribution in [3.8, 4) is 0 Å². The first-order valence-electron chi connectivity index (χ1n) is 12.0. The standard InChI is InChI=1S/C22H37Cl2N4O7PS2/c1-13(2)32-11-14(3)27-36(37,33-9-10-38-19(30)21(4,5)6)34-12-15-17(29)22(23,24)18(35-15)28-8-7-16(25)26-20(28)31/h7-8,13-15,17-18,29H,9-12H2,1-6H3,(H,27,37)(H2,25,26,31)/t14-,15-,17-,18-,36-/m1/s1. The second-order valence-electron chi connectivity index (χ2n) is 10.1.